The third kappa shape index (κ3) is 2.26. The van der Waals surface area contributed by atoms with Crippen molar-refractivity contribution in [1.82, 2.24) is 0 Å². The van der Waals surface area contributed by atoms with E-state index >= 15 is 0 Å². The Labute approximate surface area is 67.9 Å². The number of aliphatic imine (C=N–C) groups is 2. The van der Waals surface area contributed by atoms with Crippen LogP contribution in [0.15, 0.2) is 22.3 Å². The number of hydrogen-bond donors (Lipinski definition) is 0. The zero-order chi connectivity index (χ0) is 6.69. The van der Waals surface area contributed by atoms with Crippen molar-refractivity contribution in [2.24, 2.45) is 9.98 Å². The third-order valence-electron chi connectivity index (χ3n) is 0.979. The van der Waals surface area contributed by atoms with Gasteiger partial charge in [-0.25, -0.2) is 4.99 Å². The normalized spacial score (nSPS) is 25.6. The number of halogens is 1. The fraction of sp³-hybridized carbons (Fsp3) is 0.333. The number of rotatable bonds is 0. The summed E-state index contributed by atoms with van der Waals surface area (Å²) in [4.78, 5) is 8.20. The zero-order valence-electron chi connectivity index (χ0n) is 5.08. The molecule has 1 aliphatic heterocycles. The molecular formula is C6H7IN2. The van der Waals surface area contributed by atoms with Crippen LogP contribution in [0.1, 0.15) is 6.92 Å². The van der Waals surface area contributed by atoms with Gasteiger partial charge in [0.05, 0.1) is 12.3 Å². The van der Waals surface area contributed by atoms with E-state index in [1.807, 2.05) is 13.0 Å². The van der Waals surface area contributed by atoms with Crippen LogP contribution in [-0.2, 0) is 0 Å². The summed E-state index contributed by atoms with van der Waals surface area (Å²) < 4.78 is 0.938. The molecule has 0 aliphatic carbocycles. The molecule has 1 rings (SSSR count). The lowest BCUT2D eigenvalue weighted by molar-refractivity contribution is 0.934. The minimum Gasteiger partial charge on any atom is -0.283 e. The van der Waals surface area contributed by atoms with E-state index in [1.54, 1.807) is 12.4 Å². The van der Waals surface area contributed by atoms with Crippen molar-refractivity contribution in [3.63, 3.8) is 0 Å². The highest BCUT2D eigenvalue weighted by Crippen LogP contribution is 1.99. The Bertz CT molecular complexity index is 181. The summed E-state index contributed by atoms with van der Waals surface area (Å²) in [6.45, 7) is 2.03. The summed E-state index contributed by atoms with van der Waals surface area (Å²) in [6.07, 6.45) is 5.53. The van der Waals surface area contributed by atoms with Gasteiger partial charge in [-0.2, -0.15) is 0 Å². The molecule has 1 atom stereocenters. The van der Waals surface area contributed by atoms with E-state index in [2.05, 4.69) is 32.6 Å². The Kier molecular flexibility index (Phi) is 2.38. The first kappa shape index (κ1) is 6.92. The molecule has 3 heteroatoms. The van der Waals surface area contributed by atoms with Crippen molar-refractivity contribution in [3.8, 4) is 0 Å². The van der Waals surface area contributed by atoms with Gasteiger partial charge in [0.15, 0.2) is 0 Å². The van der Waals surface area contributed by atoms with Gasteiger partial charge in [0.1, 0.15) is 3.72 Å². The first-order chi connectivity index (χ1) is 4.29. The Hall–Kier alpha value is -0.190. The minimum absolute atomic E-state index is 0.279. The molecule has 0 N–H and O–H groups in total. The summed E-state index contributed by atoms with van der Waals surface area (Å²) >= 11 is 2.14. The van der Waals surface area contributed by atoms with Gasteiger partial charge in [0, 0.05) is 6.20 Å². The molecule has 48 valence electrons. The fourth-order valence-electron chi connectivity index (χ4n) is 0.501. The predicted molar refractivity (Wildman–Crippen MR) is 48.5 cm³/mol. The molecule has 0 amide bonds. The highest BCUT2D eigenvalue weighted by atomic mass is 127. The molecule has 0 radical (unpaired) electrons. The summed E-state index contributed by atoms with van der Waals surface area (Å²) in [5.41, 5.74) is 0. The van der Waals surface area contributed by atoms with Crippen LogP contribution in [0, 0.1) is 0 Å². The van der Waals surface area contributed by atoms with Gasteiger partial charge in [-0.15, -0.1) is 0 Å². The molecule has 0 saturated heterocycles. The molecule has 1 unspecified atom stereocenters. The van der Waals surface area contributed by atoms with Gasteiger partial charge in [0.25, 0.3) is 0 Å². The molecule has 0 spiro atoms. The molecular weight excluding hydrogens is 227 g/mol. The average molecular weight is 234 g/mol. The smallest absolute Gasteiger partial charge is 0.119 e. The van der Waals surface area contributed by atoms with E-state index in [-0.39, 0.29) is 6.04 Å². The Balaban J connectivity index is 2.75. The van der Waals surface area contributed by atoms with Crippen molar-refractivity contribution in [2.45, 2.75) is 13.0 Å². The maximum Gasteiger partial charge on any atom is 0.119 e. The number of nitrogens with zero attached hydrogens (tertiary/aromatic N) is 2. The SMILES string of the molecule is CC1C=CN=C(I)C=N1. The van der Waals surface area contributed by atoms with E-state index in [9.17, 15) is 0 Å². The maximum atomic E-state index is 4.15. The summed E-state index contributed by atoms with van der Waals surface area (Å²) in [6, 6.07) is 0.279. The fourth-order valence-corrected chi connectivity index (χ4v) is 0.823. The molecule has 0 aromatic carbocycles. The second-order valence-corrected chi connectivity index (χ2v) is 2.92. The van der Waals surface area contributed by atoms with Crippen LogP contribution in [0.2, 0.25) is 0 Å². The average Bonchev–Trinajstić information content (AvgIpc) is 1.97. The molecule has 2 nitrogen and oxygen atoms in total. The van der Waals surface area contributed by atoms with Gasteiger partial charge in [-0.05, 0) is 35.6 Å². The van der Waals surface area contributed by atoms with Gasteiger partial charge in [-0.1, -0.05) is 0 Å². The summed E-state index contributed by atoms with van der Waals surface area (Å²) in [7, 11) is 0. The minimum atomic E-state index is 0.279. The largest absolute Gasteiger partial charge is 0.283 e. The molecule has 0 fully saturated rings. The second kappa shape index (κ2) is 3.10. The Morgan fingerprint density at radius 2 is 2.44 bits per heavy atom. The van der Waals surface area contributed by atoms with Crippen molar-refractivity contribution in [1.29, 1.82) is 0 Å². The van der Waals surface area contributed by atoms with Crippen LogP contribution in [0.5, 0.6) is 0 Å². The summed E-state index contributed by atoms with van der Waals surface area (Å²) in [5, 5.41) is 0. The lowest BCUT2D eigenvalue weighted by atomic mass is 10.3. The first-order valence-corrected chi connectivity index (χ1v) is 3.80. The molecule has 1 aliphatic rings. The van der Waals surface area contributed by atoms with Crippen LogP contribution in [0.25, 0.3) is 0 Å². The van der Waals surface area contributed by atoms with Gasteiger partial charge in [-0.3, -0.25) is 4.99 Å². The lowest BCUT2D eigenvalue weighted by Gasteiger charge is -1.90. The van der Waals surface area contributed by atoms with E-state index in [1.165, 1.54) is 0 Å². The molecule has 1 heterocycles. The highest BCUT2D eigenvalue weighted by Gasteiger charge is 1.94. The van der Waals surface area contributed by atoms with Crippen LogP contribution in [-0.4, -0.2) is 16.0 Å². The second-order valence-electron chi connectivity index (χ2n) is 1.81. The maximum absolute atomic E-state index is 4.15. The third-order valence-corrected chi connectivity index (χ3v) is 1.54. The lowest BCUT2D eigenvalue weighted by Crippen LogP contribution is -1.92. The topological polar surface area (TPSA) is 24.7 Å². The van der Waals surface area contributed by atoms with Crippen molar-refractivity contribution >= 4 is 32.5 Å². The molecule has 9 heavy (non-hydrogen) atoms. The molecule has 0 saturated carbocycles. The predicted octanol–water partition coefficient (Wildman–Crippen LogP) is 1.81. The Morgan fingerprint density at radius 3 is 3.22 bits per heavy atom. The molecule has 0 aromatic heterocycles. The standard InChI is InChI=1S/C6H7IN2/c1-5-2-3-8-6(7)4-9-5/h2-5H,1H3. The van der Waals surface area contributed by atoms with Crippen LogP contribution in [0.4, 0.5) is 0 Å². The van der Waals surface area contributed by atoms with Crippen LogP contribution < -0.4 is 0 Å². The van der Waals surface area contributed by atoms with E-state index in [4.69, 9.17) is 0 Å². The highest BCUT2D eigenvalue weighted by molar-refractivity contribution is 14.1. The Morgan fingerprint density at radius 1 is 1.67 bits per heavy atom. The zero-order valence-corrected chi connectivity index (χ0v) is 7.24. The first-order valence-electron chi connectivity index (χ1n) is 2.72. The van der Waals surface area contributed by atoms with Crippen molar-refractivity contribution < 1.29 is 0 Å². The number of hydrogen-bond acceptors (Lipinski definition) is 2. The van der Waals surface area contributed by atoms with Crippen molar-refractivity contribution in [3.05, 3.63) is 12.3 Å². The summed E-state index contributed by atoms with van der Waals surface area (Å²) in [5.74, 6) is 0. The van der Waals surface area contributed by atoms with Gasteiger partial charge < -0.3 is 0 Å². The monoisotopic (exact) mass is 234 g/mol. The van der Waals surface area contributed by atoms with E-state index < -0.39 is 0 Å². The van der Waals surface area contributed by atoms with Crippen molar-refractivity contribution in [2.75, 3.05) is 0 Å². The van der Waals surface area contributed by atoms with Gasteiger partial charge in [0.2, 0.25) is 0 Å². The van der Waals surface area contributed by atoms with Gasteiger partial charge >= 0.3 is 0 Å². The molecule has 0 aromatic rings. The quantitative estimate of drug-likeness (QED) is 0.571. The van der Waals surface area contributed by atoms with Crippen LogP contribution in [0.3, 0.4) is 0 Å². The van der Waals surface area contributed by atoms with E-state index in [0.29, 0.717) is 0 Å². The molecule has 0 bridgehead atoms. The van der Waals surface area contributed by atoms with Crippen LogP contribution >= 0.6 is 22.6 Å². The van der Waals surface area contributed by atoms with E-state index in [0.717, 1.165) is 3.72 Å².